The average molecular weight is 218 g/mol. The quantitative estimate of drug-likeness (QED) is 0.560. The molecular weight excluding hydrogens is 200 g/mol. The predicted octanol–water partition coefficient (Wildman–Crippen LogP) is 0.721. The lowest BCUT2D eigenvalue weighted by molar-refractivity contribution is 0.531. The van der Waals surface area contributed by atoms with Crippen molar-refractivity contribution in [3.63, 3.8) is 0 Å². The van der Waals surface area contributed by atoms with Crippen LogP contribution in [0.3, 0.4) is 0 Å². The highest BCUT2D eigenvalue weighted by Gasteiger charge is 2.38. The Labute approximate surface area is 85.5 Å². The first kappa shape index (κ1) is 11.5. The van der Waals surface area contributed by atoms with Gasteiger partial charge in [0.05, 0.1) is 22.9 Å². The monoisotopic (exact) mass is 218 g/mol. The van der Waals surface area contributed by atoms with Crippen LogP contribution in [0.2, 0.25) is 0 Å². The van der Waals surface area contributed by atoms with E-state index in [-0.39, 0.29) is 11.5 Å². The van der Waals surface area contributed by atoms with Gasteiger partial charge in [-0.15, -0.1) is 0 Å². The molecule has 0 amide bonds. The zero-order valence-electron chi connectivity index (χ0n) is 8.78. The molecule has 2 N–H and O–H groups in total. The van der Waals surface area contributed by atoms with Gasteiger partial charge in [0.1, 0.15) is 0 Å². The molecule has 82 valence electrons. The molecular formula is C9H18N2O2S. The summed E-state index contributed by atoms with van der Waals surface area (Å²) in [5, 5.41) is 0. The lowest BCUT2D eigenvalue weighted by Crippen LogP contribution is -2.27. The van der Waals surface area contributed by atoms with Gasteiger partial charge in [-0.25, -0.2) is 8.42 Å². The van der Waals surface area contributed by atoms with Crippen LogP contribution in [0.15, 0.2) is 4.99 Å². The summed E-state index contributed by atoms with van der Waals surface area (Å²) in [6.45, 7) is 3.89. The van der Waals surface area contributed by atoms with E-state index >= 15 is 0 Å². The SMILES string of the molecule is CCCC(N)=NC1(C)CCS(=O)(=O)C1. The van der Waals surface area contributed by atoms with Crippen LogP contribution < -0.4 is 5.73 Å². The Balaban J connectivity index is 2.74. The molecule has 1 aliphatic heterocycles. The van der Waals surface area contributed by atoms with Crippen molar-refractivity contribution in [2.45, 2.75) is 38.6 Å². The molecule has 5 heteroatoms. The second kappa shape index (κ2) is 3.88. The fourth-order valence-corrected chi connectivity index (χ4v) is 3.79. The van der Waals surface area contributed by atoms with Crippen molar-refractivity contribution in [2.24, 2.45) is 10.7 Å². The molecule has 0 spiro atoms. The van der Waals surface area contributed by atoms with E-state index in [1.54, 1.807) is 0 Å². The standard InChI is InChI=1S/C9H18N2O2S/c1-3-4-8(10)11-9(2)5-6-14(12,13)7-9/h3-7H2,1-2H3,(H2,10,11). The number of hydrogen-bond donors (Lipinski definition) is 1. The van der Waals surface area contributed by atoms with Crippen LogP contribution in [0.25, 0.3) is 0 Å². The number of sulfone groups is 1. The molecule has 1 aliphatic rings. The van der Waals surface area contributed by atoms with Crippen molar-refractivity contribution in [3.05, 3.63) is 0 Å². The maximum Gasteiger partial charge on any atom is 0.152 e. The lowest BCUT2D eigenvalue weighted by Gasteiger charge is -2.17. The van der Waals surface area contributed by atoms with Gasteiger partial charge in [-0.1, -0.05) is 6.92 Å². The van der Waals surface area contributed by atoms with Crippen LogP contribution in [0.1, 0.15) is 33.1 Å². The fraction of sp³-hybridized carbons (Fsp3) is 0.889. The second-order valence-electron chi connectivity index (χ2n) is 4.19. The number of rotatable bonds is 3. The van der Waals surface area contributed by atoms with Crippen LogP contribution in [-0.4, -0.2) is 31.3 Å². The summed E-state index contributed by atoms with van der Waals surface area (Å²) >= 11 is 0. The molecule has 1 heterocycles. The summed E-state index contributed by atoms with van der Waals surface area (Å²) in [5.74, 6) is 0.962. The minimum atomic E-state index is -2.88. The maximum atomic E-state index is 11.3. The Kier molecular flexibility index (Phi) is 3.19. The van der Waals surface area contributed by atoms with E-state index in [9.17, 15) is 8.42 Å². The van der Waals surface area contributed by atoms with E-state index in [4.69, 9.17) is 5.73 Å². The van der Waals surface area contributed by atoms with Gasteiger partial charge >= 0.3 is 0 Å². The van der Waals surface area contributed by atoms with Gasteiger partial charge in [-0.05, 0) is 19.8 Å². The van der Waals surface area contributed by atoms with Crippen molar-refractivity contribution < 1.29 is 8.42 Å². The molecule has 1 fully saturated rings. The zero-order valence-corrected chi connectivity index (χ0v) is 9.60. The van der Waals surface area contributed by atoms with Crippen molar-refractivity contribution in [1.29, 1.82) is 0 Å². The van der Waals surface area contributed by atoms with Crippen LogP contribution in [-0.2, 0) is 9.84 Å². The normalized spacial score (nSPS) is 32.0. The molecule has 0 aromatic rings. The average Bonchev–Trinajstić information content (AvgIpc) is 2.25. The first-order valence-corrected chi connectivity index (χ1v) is 6.74. The molecule has 14 heavy (non-hydrogen) atoms. The number of nitrogens with zero attached hydrogens (tertiary/aromatic N) is 1. The smallest absolute Gasteiger partial charge is 0.152 e. The summed E-state index contributed by atoms with van der Waals surface area (Å²) in [4.78, 5) is 4.31. The number of hydrogen-bond acceptors (Lipinski definition) is 3. The van der Waals surface area contributed by atoms with Gasteiger partial charge in [0, 0.05) is 6.42 Å². The largest absolute Gasteiger partial charge is 0.387 e. The van der Waals surface area contributed by atoms with E-state index in [1.165, 1.54) is 0 Å². The topological polar surface area (TPSA) is 72.5 Å². The molecule has 0 saturated carbocycles. The Hall–Kier alpha value is -0.580. The summed E-state index contributed by atoms with van der Waals surface area (Å²) in [5.41, 5.74) is 5.22. The van der Waals surface area contributed by atoms with Gasteiger partial charge in [-0.2, -0.15) is 0 Å². The Morgan fingerprint density at radius 3 is 2.64 bits per heavy atom. The maximum absolute atomic E-state index is 11.3. The molecule has 1 saturated heterocycles. The summed E-state index contributed by atoms with van der Waals surface area (Å²) in [6.07, 6.45) is 2.29. The molecule has 4 nitrogen and oxygen atoms in total. The summed E-state index contributed by atoms with van der Waals surface area (Å²) in [6, 6.07) is 0. The van der Waals surface area contributed by atoms with Crippen LogP contribution >= 0.6 is 0 Å². The zero-order chi connectivity index (χ0) is 10.8. The van der Waals surface area contributed by atoms with Gasteiger partial charge in [0.15, 0.2) is 9.84 Å². The van der Waals surface area contributed by atoms with Gasteiger partial charge in [0.25, 0.3) is 0 Å². The molecule has 1 unspecified atom stereocenters. The third kappa shape index (κ3) is 2.97. The minimum Gasteiger partial charge on any atom is -0.387 e. The molecule has 0 aliphatic carbocycles. The summed E-state index contributed by atoms with van der Waals surface area (Å²) < 4.78 is 22.6. The highest BCUT2D eigenvalue weighted by atomic mass is 32.2. The van der Waals surface area contributed by atoms with Crippen molar-refractivity contribution in [3.8, 4) is 0 Å². The number of nitrogens with two attached hydrogens (primary N) is 1. The van der Waals surface area contributed by atoms with Gasteiger partial charge in [0.2, 0.25) is 0 Å². The van der Waals surface area contributed by atoms with Crippen molar-refractivity contribution in [2.75, 3.05) is 11.5 Å². The first-order chi connectivity index (χ1) is 6.37. The highest BCUT2D eigenvalue weighted by molar-refractivity contribution is 7.91. The van der Waals surface area contributed by atoms with E-state index in [1.807, 2.05) is 13.8 Å². The lowest BCUT2D eigenvalue weighted by atomic mass is 10.0. The molecule has 1 rings (SSSR count). The van der Waals surface area contributed by atoms with E-state index < -0.39 is 15.4 Å². The van der Waals surface area contributed by atoms with Crippen molar-refractivity contribution >= 4 is 15.7 Å². The van der Waals surface area contributed by atoms with Crippen LogP contribution in [0.5, 0.6) is 0 Å². The summed E-state index contributed by atoms with van der Waals surface area (Å²) in [7, 11) is -2.88. The van der Waals surface area contributed by atoms with E-state index in [0.717, 1.165) is 12.8 Å². The van der Waals surface area contributed by atoms with E-state index in [0.29, 0.717) is 12.3 Å². The number of aliphatic imine (C=N–C) groups is 1. The van der Waals surface area contributed by atoms with Gasteiger partial charge < -0.3 is 5.73 Å². The molecule has 0 aromatic carbocycles. The van der Waals surface area contributed by atoms with Crippen LogP contribution in [0.4, 0.5) is 0 Å². The highest BCUT2D eigenvalue weighted by Crippen LogP contribution is 2.26. The predicted molar refractivity (Wildman–Crippen MR) is 58.2 cm³/mol. The molecule has 0 aromatic heterocycles. The Morgan fingerprint density at radius 1 is 1.57 bits per heavy atom. The first-order valence-electron chi connectivity index (χ1n) is 4.91. The Bertz CT molecular complexity index is 335. The number of amidine groups is 1. The Morgan fingerprint density at radius 2 is 2.21 bits per heavy atom. The third-order valence-electron chi connectivity index (χ3n) is 2.40. The molecule has 0 bridgehead atoms. The third-order valence-corrected chi connectivity index (χ3v) is 4.29. The fourth-order valence-electron chi connectivity index (χ4n) is 1.74. The van der Waals surface area contributed by atoms with E-state index in [2.05, 4.69) is 4.99 Å². The minimum absolute atomic E-state index is 0.143. The second-order valence-corrected chi connectivity index (χ2v) is 6.38. The molecule has 1 atom stereocenters. The van der Waals surface area contributed by atoms with Crippen molar-refractivity contribution in [1.82, 2.24) is 0 Å². The van der Waals surface area contributed by atoms with Crippen LogP contribution in [0, 0.1) is 0 Å². The van der Waals surface area contributed by atoms with Gasteiger partial charge in [-0.3, -0.25) is 4.99 Å². The molecule has 0 radical (unpaired) electrons.